The second-order valence-corrected chi connectivity index (χ2v) is 7.45. The van der Waals surface area contributed by atoms with Crippen molar-refractivity contribution in [1.29, 1.82) is 0 Å². The van der Waals surface area contributed by atoms with Gasteiger partial charge in [0.15, 0.2) is 0 Å². The summed E-state index contributed by atoms with van der Waals surface area (Å²) >= 11 is 0. The van der Waals surface area contributed by atoms with E-state index in [0.29, 0.717) is 22.7 Å². The molecule has 1 aliphatic heterocycles. The van der Waals surface area contributed by atoms with Gasteiger partial charge in [-0.2, -0.15) is 0 Å². The highest BCUT2D eigenvalue weighted by Crippen LogP contribution is 2.32. The van der Waals surface area contributed by atoms with Crippen LogP contribution in [-0.2, 0) is 0 Å². The van der Waals surface area contributed by atoms with Gasteiger partial charge in [-0.3, -0.25) is 24.8 Å². The molecule has 8 nitrogen and oxygen atoms in total. The van der Waals surface area contributed by atoms with Crippen molar-refractivity contribution in [3.63, 3.8) is 0 Å². The van der Waals surface area contributed by atoms with Crippen LogP contribution in [-0.4, -0.2) is 55.7 Å². The van der Waals surface area contributed by atoms with E-state index in [4.69, 9.17) is 4.74 Å². The topological polar surface area (TPSA) is 88.3 Å². The van der Waals surface area contributed by atoms with E-state index in [1.54, 1.807) is 45.3 Å². The summed E-state index contributed by atoms with van der Waals surface area (Å²) in [6, 6.07) is 9.99. The van der Waals surface area contributed by atoms with Gasteiger partial charge in [0.05, 0.1) is 23.3 Å². The molecule has 0 aliphatic carbocycles. The fourth-order valence-corrected chi connectivity index (χ4v) is 3.59. The molecule has 30 heavy (non-hydrogen) atoms. The number of rotatable bonds is 6. The van der Waals surface area contributed by atoms with Crippen LogP contribution < -0.4 is 9.64 Å². The number of hydrogen-bond acceptors (Lipinski definition) is 6. The molecule has 2 aromatic carbocycles. The zero-order valence-electron chi connectivity index (χ0n) is 17.7. The maximum Gasteiger partial charge on any atom is 0.270 e. The van der Waals surface area contributed by atoms with Crippen LogP contribution in [0.5, 0.6) is 5.75 Å². The number of nitro groups is 1. The lowest BCUT2D eigenvalue weighted by Crippen LogP contribution is -2.27. The summed E-state index contributed by atoms with van der Waals surface area (Å²) in [6.45, 7) is 2.74. The monoisotopic (exact) mass is 410 g/mol. The average Bonchev–Trinajstić information content (AvgIpc) is 3.16. The standard InChI is InChI=1S/C22H26N4O4/c1-15-12-18(26(28)29)13-20(21(15)23-14-17-6-5-11-24(17)2)22(27)25(3)16-7-9-19(30-4)10-8-16/h7-10,12-14,17H,5-6,11H2,1-4H3/b23-14+. The maximum absolute atomic E-state index is 13.3. The number of nitro benzene ring substituents is 1. The largest absolute Gasteiger partial charge is 0.497 e. The molecule has 0 saturated carbocycles. The smallest absolute Gasteiger partial charge is 0.270 e. The zero-order valence-corrected chi connectivity index (χ0v) is 17.7. The third-order valence-electron chi connectivity index (χ3n) is 5.44. The third-order valence-corrected chi connectivity index (χ3v) is 5.44. The third kappa shape index (κ3) is 4.49. The Balaban J connectivity index is 2.00. The minimum Gasteiger partial charge on any atom is -0.497 e. The molecule has 1 atom stereocenters. The molecule has 1 unspecified atom stereocenters. The summed E-state index contributed by atoms with van der Waals surface area (Å²) in [5.74, 6) is 0.315. The van der Waals surface area contributed by atoms with Crippen LogP contribution in [0.15, 0.2) is 41.4 Å². The van der Waals surface area contributed by atoms with E-state index in [9.17, 15) is 14.9 Å². The van der Waals surface area contributed by atoms with Gasteiger partial charge in [0.2, 0.25) is 0 Å². The Bertz CT molecular complexity index is 972. The summed E-state index contributed by atoms with van der Waals surface area (Å²) in [5.41, 5.74) is 1.78. The summed E-state index contributed by atoms with van der Waals surface area (Å²) in [5, 5.41) is 11.4. The van der Waals surface area contributed by atoms with Crippen LogP contribution in [0, 0.1) is 17.0 Å². The van der Waals surface area contributed by atoms with E-state index in [1.807, 2.05) is 13.3 Å². The van der Waals surface area contributed by atoms with Gasteiger partial charge in [0, 0.05) is 37.1 Å². The quantitative estimate of drug-likeness (QED) is 0.408. The number of anilines is 1. The first-order valence-electron chi connectivity index (χ1n) is 9.77. The van der Waals surface area contributed by atoms with E-state index >= 15 is 0 Å². The predicted molar refractivity (Wildman–Crippen MR) is 117 cm³/mol. The molecule has 0 radical (unpaired) electrons. The van der Waals surface area contributed by atoms with Gasteiger partial charge in [-0.05, 0) is 63.2 Å². The van der Waals surface area contributed by atoms with Gasteiger partial charge in [-0.25, -0.2) is 0 Å². The van der Waals surface area contributed by atoms with Crippen LogP contribution in [0.25, 0.3) is 0 Å². The minimum absolute atomic E-state index is 0.129. The number of carbonyl (C=O) groups is 1. The molecule has 8 heteroatoms. The molecule has 1 fully saturated rings. The maximum atomic E-state index is 13.3. The number of amides is 1. The van der Waals surface area contributed by atoms with E-state index in [1.165, 1.54) is 17.0 Å². The highest BCUT2D eigenvalue weighted by molar-refractivity contribution is 6.10. The molecule has 0 N–H and O–H groups in total. The lowest BCUT2D eigenvalue weighted by molar-refractivity contribution is -0.384. The van der Waals surface area contributed by atoms with E-state index in [-0.39, 0.29) is 23.2 Å². The van der Waals surface area contributed by atoms with Crippen molar-refractivity contribution in [3.05, 3.63) is 57.6 Å². The summed E-state index contributed by atoms with van der Waals surface area (Å²) in [6.07, 6.45) is 3.94. The highest BCUT2D eigenvalue weighted by atomic mass is 16.6. The molecule has 2 aromatic rings. The van der Waals surface area contributed by atoms with Gasteiger partial charge >= 0.3 is 0 Å². The SMILES string of the molecule is COc1ccc(N(C)C(=O)c2cc([N+](=O)[O-])cc(C)c2/N=C/C2CCCN2C)cc1. The van der Waals surface area contributed by atoms with Crippen molar-refractivity contribution in [2.24, 2.45) is 4.99 Å². The predicted octanol–water partition coefficient (Wildman–Crippen LogP) is 3.98. The van der Waals surface area contributed by atoms with Crippen molar-refractivity contribution in [3.8, 4) is 5.75 Å². The van der Waals surface area contributed by atoms with Crippen molar-refractivity contribution < 1.29 is 14.5 Å². The van der Waals surface area contributed by atoms with Gasteiger partial charge in [-0.1, -0.05) is 0 Å². The Morgan fingerprint density at radius 2 is 2.03 bits per heavy atom. The summed E-state index contributed by atoms with van der Waals surface area (Å²) < 4.78 is 5.16. The van der Waals surface area contributed by atoms with Crippen molar-refractivity contribution in [2.75, 3.05) is 32.6 Å². The van der Waals surface area contributed by atoms with Crippen molar-refractivity contribution >= 4 is 29.2 Å². The number of carbonyl (C=O) groups excluding carboxylic acids is 1. The second kappa shape index (κ2) is 9.04. The normalized spacial score (nSPS) is 16.7. The number of nitrogens with zero attached hydrogens (tertiary/aromatic N) is 4. The number of non-ortho nitro benzene ring substituents is 1. The van der Waals surface area contributed by atoms with Crippen molar-refractivity contribution in [1.82, 2.24) is 4.90 Å². The molecule has 3 rings (SSSR count). The number of aryl methyl sites for hydroxylation is 1. The van der Waals surface area contributed by atoms with Gasteiger partial charge in [-0.15, -0.1) is 0 Å². The molecule has 0 aromatic heterocycles. The van der Waals surface area contributed by atoms with E-state index in [0.717, 1.165) is 19.4 Å². The minimum atomic E-state index is -0.491. The Hall–Kier alpha value is -3.26. The number of ether oxygens (including phenoxy) is 1. The Morgan fingerprint density at radius 1 is 1.33 bits per heavy atom. The number of aliphatic imine (C=N–C) groups is 1. The molecule has 0 bridgehead atoms. The van der Waals surface area contributed by atoms with Gasteiger partial charge in [0.1, 0.15) is 5.75 Å². The molecule has 1 heterocycles. The lowest BCUT2D eigenvalue weighted by Gasteiger charge is -2.20. The Kier molecular flexibility index (Phi) is 6.47. The summed E-state index contributed by atoms with van der Waals surface area (Å²) in [7, 11) is 5.24. The fraction of sp³-hybridized carbons (Fsp3) is 0.364. The number of methoxy groups -OCH3 is 1. The molecule has 1 aliphatic rings. The lowest BCUT2D eigenvalue weighted by atomic mass is 10.0. The first-order valence-corrected chi connectivity index (χ1v) is 9.77. The molecular formula is C22H26N4O4. The first kappa shape index (κ1) is 21.4. The highest BCUT2D eigenvalue weighted by Gasteiger charge is 2.24. The fourth-order valence-electron chi connectivity index (χ4n) is 3.59. The second-order valence-electron chi connectivity index (χ2n) is 7.45. The molecule has 1 amide bonds. The molecule has 1 saturated heterocycles. The average molecular weight is 410 g/mol. The summed E-state index contributed by atoms with van der Waals surface area (Å²) in [4.78, 5) is 32.5. The van der Waals surface area contributed by atoms with E-state index < -0.39 is 4.92 Å². The van der Waals surface area contributed by atoms with Gasteiger partial charge < -0.3 is 9.64 Å². The van der Waals surface area contributed by atoms with Crippen LogP contribution in [0.4, 0.5) is 17.1 Å². The Morgan fingerprint density at radius 3 is 2.60 bits per heavy atom. The van der Waals surface area contributed by atoms with E-state index in [2.05, 4.69) is 9.89 Å². The number of hydrogen-bond donors (Lipinski definition) is 0. The van der Waals surface area contributed by atoms with Crippen LogP contribution in [0.1, 0.15) is 28.8 Å². The van der Waals surface area contributed by atoms with Crippen LogP contribution in [0.2, 0.25) is 0 Å². The number of likely N-dealkylation sites (tertiary alicyclic amines) is 1. The molecule has 0 spiro atoms. The molecular weight excluding hydrogens is 384 g/mol. The Labute approximate surface area is 175 Å². The van der Waals surface area contributed by atoms with Crippen molar-refractivity contribution in [2.45, 2.75) is 25.8 Å². The molecule has 158 valence electrons. The van der Waals surface area contributed by atoms with Crippen LogP contribution >= 0.6 is 0 Å². The van der Waals surface area contributed by atoms with Crippen LogP contribution in [0.3, 0.4) is 0 Å². The zero-order chi connectivity index (χ0) is 21.8. The number of benzene rings is 2. The van der Waals surface area contributed by atoms with Gasteiger partial charge in [0.25, 0.3) is 11.6 Å². The first-order chi connectivity index (χ1) is 14.3.